The molecule has 0 radical (unpaired) electrons. The summed E-state index contributed by atoms with van der Waals surface area (Å²) in [6.07, 6.45) is 5.75. The zero-order valence-electron chi connectivity index (χ0n) is 16.5. The van der Waals surface area contributed by atoms with Crippen LogP contribution in [0.25, 0.3) is 28.5 Å². The van der Waals surface area contributed by atoms with Gasteiger partial charge in [-0.2, -0.15) is 0 Å². The lowest BCUT2D eigenvalue weighted by Gasteiger charge is -2.26. The highest BCUT2D eigenvalue weighted by Crippen LogP contribution is 2.38. The maximum absolute atomic E-state index is 4.58. The summed E-state index contributed by atoms with van der Waals surface area (Å²) in [5, 5.41) is 16.2. The van der Waals surface area contributed by atoms with Crippen molar-refractivity contribution in [3.63, 3.8) is 0 Å². The first kappa shape index (κ1) is 17.4. The zero-order valence-corrected chi connectivity index (χ0v) is 16.5. The van der Waals surface area contributed by atoms with Gasteiger partial charge in [0.1, 0.15) is 0 Å². The van der Waals surface area contributed by atoms with E-state index < -0.39 is 0 Å². The van der Waals surface area contributed by atoms with Gasteiger partial charge in [0, 0.05) is 29.9 Å². The van der Waals surface area contributed by atoms with E-state index in [4.69, 9.17) is 0 Å². The molecule has 148 valence electrons. The van der Waals surface area contributed by atoms with Gasteiger partial charge < -0.3 is 10.6 Å². The molecule has 6 heteroatoms. The molecule has 2 aromatic carbocycles. The average molecular weight is 394 g/mol. The molecule has 6 rings (SSSR count). The van der Waals surface area contributed by atoms with Crippen molar-refractivity contribution in [1.82, 2.24) is 25.1 Å². The van der Waals surface area contributed by atoms with E-state index in [1.54, 1.807) is 6.20 Å². The number of para-hydroxylation sites is 1. The van der Waals surface area contributed by atoms with Gasteiger partial charge in [-0.05, 0) is 42.7 Å². The molecule has 1 aliphatic carbocycles. The first-order chi connectivity index (χ1) is 14.9. The molecule has 0 spiro atoms. The molecule has 6 nitrogen and oxygen atoms in total. The van der Waals surface area contributed by atoms with Crippen LogP contribution >= 0.6 is 0 Å². The Morgan fingerprint density at radius 3 is 2.60 bits per heavy atom. The summed E-state index contributed by atoms with van der Waals surface area (Å²) in [7, 11) is 0. The molecule has 30 heavy (non-hydrogen) atoms. The zero-order chi connectivity index (χ0) is 19.9. The van der Waals surface area contributed by atoms with Crippen molar-refractivity contribution in [2.24, 2.45) is 0 Å². The Hall–Kier alpha value is -3.51. The third kappa shape index (κ3) is 2.88. The molecular weight excluding hydrogens is 372 g/mol. The first-order valence-corrected chi connectivity index (χ1v) is 10.5. The summed E-state index contributed by atoms with van der Waals surface area (Å²) in [6, 6.07) is 21.4. The van der Waals surface area contributed by atoms with E-state index in [0.29, 0.717) is 6.04 Å². The second-order valence-corrected chi connectivity index (χ2v) is 7.93. The number of nitrogens with zero attached hydrogens (tertiary/aromatic N) is 4. The highest BCUT2D eigenvalue weighted by Gasteiger charge is 2.24. The third-order valence-corrected chi connectivity index (χ3v) is 6.02. The molecule has 0 saturated heterocycles. The number of fused-ring (bicyclic) bond motifs is 5. The lowest BCUT2D eigenvalue weighted by Crippen LogP contribution is -2.34. The van der Waals surface area contributed by atoms with Gasteiger partial charge in [-0.15, -0.1) is 10.2 Å². The van der Waals surface area contributed by atoms with Crippen LogP contribution in [-0.2, 0) is 6.54 Å². The van der Waals surface area contributed by atoms with Crippen LogP contribution in [0.5, 0.6) is 0 Å². The highest BCUT2D eigenvalue weighted by atomic mass is 15.3. The third-order valence-electron chi connectivity index (χ3n) is 6.02. The number of aromatic nitrogens is 4. The van der Waals surface area contributed by atoms with Crippen molar-refractivity contribution in [1.29, 1.82) is 0 Å². The van der Waals surface area contributed by atoms with Crippen LogP contribution in [0.1, 0.15) is 24.8 Å². The minimum atomic E-state index is 0.688. The molecule has 1 fully saturated rings. The SMILES string of the molecule is c1ccc2c(c1)Nc1ncccc1-n1c(-c3ccc(CNC4CCC4)cc3)nnc1-2. The van der Waals surface area contributed by atoms with Gasteiger partial charge >= 0.3 is 0 Å². The predicted molar refractivity (Wildman–Crippen MR) is 118 cm³/mol. The molecule has 3 heterocycles. The Kier molecular flexibility index (Phi) is 4.09. The van der Waals surface area contributed by atoms with Gasteiger partial charge in [-0.1, -0.05) is 42.8 Å². The van der Waals surface area contributed by atoms with E-state index >= 15 is 0 Å². The highest BCUT2D eigenvalue weighted by molar-refractivity contribution is 5.84. The largest absolute Gasteiger partial charge is 0.338 e. The van der Waals surface area contributed by atoms with E-state index in [1.165, 1.54) is 24.8 Å². The second-order valence-electron chi connectivity index (χ2n) is 7.93. The monoisotopic (exact) mass is 394 g/mol. The lowest BCUT2D eigenvalue weighted by atomic mass is 9.93. The topological polar surface area (TPSA) is 67.7 Å². The van der Waals surface area contributed by atoms with E-state index in [-0.39, 0.29) is 0 Å². The van der Waals surface area contributed by atoms with Crippen LogP contribution < -0.4 is 10.6 Å². The van der Waals surface area contributed by atoms with Crippen molar-refractivity contribution >= 4 is 11.5 Å². The fourth-order valence-corrected chi connectivity index (χ4v) is 4.11. The van der Waals surface area contributed by atoms with Gasteiger partial charge in [0.2, 0.25) is 0 Å². The smallest absolute Gasteiger partial charge is 0.171 e. The van der Waals surface area contributed by atoms with E-state index in [0.717, 1.165) is 46.5 Å². The van der Waals surface area contributed by atoms with Crippen molar-refractivity contribution in [3.05, 3.63) is 72.4 Å². The van der Waals surface area contributed by atoms with Gasteiger partial charge in [0.15, 0.2) is 17.5 Å². The van der Waals surface area contributed by atoms with Gasteiger partial charge in [0.05, 0.1) is 11.4 Å². The molecule has 0 amide bonds. The summed E-state index contributed by atoms with van der Waals surface area (Å²) < 4.78 is 2.10. The number of hydrogen-bond acceptors (Lipinski definition) is 5. The molecule has 0 unspecified atom stereocenters. The van der Waals surface area contributed by atoms with Crippen molar-refractivity contribution in [2.75, 3.05) is 5.32 Å². The van der Waals surface area contributed by atoms with Crippen LogP contribution in [0.4, 0.5) is 11.5 Å². The van der Waals surface area contributed by atoms with Gasteiger partial charge in [-0.25, -0.2) is 4.98 Å². The Labute approximate surface area is 175 Å². The molecule has 2 aliphatic rings. The van der Waals surface area contributed by atoms with Crippen LogP contribution in [0.2, 0.25) is 0 Å². The number of anilines is 2. The standard InChI is InChI=1S/C24H22N6/c1-2-8-20-19(7-1)24-29-28-23(30(24)21-9-4-14-25-22(21)27-20)17-12-10-16(11-13-17)15-26-18-5-3-6-18/h1-2,4,7-14,18,26H,3,5-6,15H2,(H,25,27). The fourth-order valence-electron chi connectivity index (χ4n) is 4.11. The number of nitrogens with one attached hydrogen (secondary N) is 2. The molecule has 4 aromatic rings. The summed E-state index contributed by atoms with van der Waals surface area (Å²) in [5.41, 5.74) is 5.26. The first-order valence-electron chi connectivity index (χ1n) is 10.5. The molecule has 1 saturated carbocycles. The van der Waals surface area contributed by atoms with Crippen molar-refractivity contribution in [2.45, 2.75) is 31.8 Å². The fraction of sp³-hybridized carbons (Fsp3) is 0.208. The second kappa shape index (κ2) is 7.07. The van der Waals surface area contributed by atoms with E-state index in [2.05, 4.69) is 66.8 Å². The van der Waals surface area contributed by atoms with E-state index in [9.17, 15) is 0 Å². The van der Waals surface area contributed by atoms with Crippen LogP contribution in [0, 0.1) is 0 Å². The van der Waals surface area contributed by atoms with Crippen LogP contribution in [0.3, 0.4) is 0 Å². The summed E-state index contributed by atoms with van der Waals surface area (Å²) in [5.74, 6) is 2.43. The molecule has 0 bridgehead atoms. The number of rotatable bonds is 4. The molecule has 2 N–H and O–H groups in total. The van der Waals surface area contributed by atoms with Crippen LogP contribution in [-0.4, -0.2) is 25.8 Å². The molecular formula is C24H22N6. The molecule has 2 aromatic heterocycles. The maximum Gasteiger partial charge on any atom is 0.171 e. The van der Waals surface area contributed by atoms with E-state index in [1.807, 2.05) is 24.3 Å². The Balaban J connectivity index is 1.42. The quantitative estimate of drug-likeness (QED) is 0.463. The predicted octanol–water partition coefficient (Wildman–Crippen LogP) is 4.70. The summed E-state index contributed by atoms with van der Waals surface area (Å²) >= 11 is 0. The number of benzene rings is 2. The minimum absolute atomic E-state index is 0.688. The maximum atomic E-state index is 4.58. The average Bonchev–Trinajstić information content (AvgIpc) is 3.13. The summed E-state index contributed by atoms with van der Waals surface area (Å²) in [6.45, 7) is 0.910. The van der Waals surface area contributed by atoms with Crippen molar-refractivity contribution in [3.8, 4) is 28.5 Å². The molecule has 1 aliphatic heterocycles. The van der Waals surface area contributed by atoms with Gasteiger partial charge in [-0.3, -0.25) is 4.57 Å². The number of pyridine rings is 1. The van der Waals surface area contributed by atoms with Crippen LogP contribution in [0.15, 0.2) is 66.9 Å². The molecule has 0 atom stereocenters. The lowest BCUT2D eigenvalue weighted by molar-refractivity contribution is 0.338. The Morgan fingerprint density at radius 2 is 1.77 bits per heavy atom. The van der Waals surface area contributed by atoms with Crippen molar-refractivity contribution < 1.29 is 0 Å². The summed E-state index contributed by atoms with van der Waals surface area (Å²) in [4.78, 5) is 4.56. The normalized spacial score (nSPS) is 14.7. The Bertz CT molecular complexity index is 1210. The number of hydrogen-bond donors (Lipinski definition) is 2. The minimum Gasteiger partial charge on any atom is -0.338 e. The Morgan fingerprint density at radius 1 is 0.933 bits per heavy atom. The van der Waals surface area contributed by atoms with Gasteiger partial charge in [0.25, 0.3) is 0 Å².